The van der Waals surface area contributed by atoms with Gasteiger partial charge in [0.25, 0.3) is 5.56 Å². The average molecular weight is 384 g/mol. The second-order valence-electron chi connectivity index (χ2n) is 6.72. The van der Waals surface area contributed by atoms with Gasteiger partial charge in [0.05, 0.1) is 12.5 Å². The number of carbonyl (C=O) groups is 1. The van der Waals surface area contributed by atoms with Crippen molar-refractivity contribution in [2.75, 3.05) is 7.11 Å². The minimum Gasteiger partial charge on any atom is -0.496 e. The van der Waals surface area contributed by atoms with E-state index in [2.05, 4.69) is 4.98 Å². The fourth-order valence-electron chi connectivity index (χ4n) is 3.50. The van der Waals surface area contributed by atoms with Crippen LogP contribution in [0.25, 0.3) is 10.2 Å². The van der Waals surface area contributed by atoms with Crippen molar-refractivity contribution in [3.63, 3.8) is 0 Å². The highest BCUT2D eigenvalue weighted by Gasteiger charge is 2.24. The van der Waals surface area contributed by atoms with Crippen LogP contribution in [0.4, 0.5) is 0 Å². The lowest BCUT2D eigenvalue weighted by Crippen LogP contribution is -2.20. The maximum absolute atomic E-state index is 12.7. The Morgan fingerprint density at radius 3 is 2.93 bits per heavy atom. The monoisotopic (exact) mass is 384 g/mol. The van der Waals surface area contributed by atoms with Crippen LogP contribution in [0.15, 0.2) is 23.0 Å². The second kappa shape index (κ2) is 6.81. The lowest BCUT2D eigenvalue weighted by molar-refractivity contribution is 0.0475. The van der Waals surface area contributed by atoms with Crippen molar-refractivity contribution in [2.24, 2.45) is 0 Å². The maximum Gasteiger partial charge on any atom is 0.349 e. The van der Waals surface area contributed by atoms with E-state index in [9.17, 15) is 9.59 Å². The fraction of sp³-hybridized carbons (Fsp3) is 0.350. The fourth-order valence-corrected chi connectivity index (χ4v) is 4.58. The van der Waals surface area contributed by atoms with Gasteiger partial charge < -0.3 is 9.47 Å². The number of hydrogen-bond acceptors (Lipinski definition) is 6. The van der Waals surface area contributed by atoms with Crippen LogP contribution in [0.2, 0.25) is 0 Å². The summed E-state index contributed by atoms with van der Waals surface area (Å²) >= 11 is 1.23. The highest BCUT2D eigenvalue weighted by molar-refractivity contribution is 7.20. The van der Waals surface area contributed by atoms with E-state index in [0.29, 0.717) is 33.0 Å². The predicted molar refractivity (Wildman–Crippen MR) is 104 cm³/mol. The Bertz CT molecular complexity index is 1110. The number of aryl methyl sites for hydroxylation is 3. The third-order valence-corrected chi connectivity index (χ3v) is 6.06. The molecule has 0 fully saturated rings. The first kappa shape index (κ1) is 17.7. The van der Waals surface area contributed by atoms with Gasteiger partial charge in [-0.3, -0.25) is 9.36 Å². The Morgan fingerprint density at radius 1 is 1.33 bits per heavy atom. The molecule has 27 heavy (non-hydrogen) atoms. The minimum atomic E-state index is -0.441. The molecule has 140 valence electrons. The molecule has 3 aromatic rings. The number of hydrogen-bond donors (Lipinski definition) is 0. The van der Waals surface area contributed by atoms with Crippen LogP contribution in [0.1, 0.15) is 38.6 Å². The maximum atomic E-state index is 12.7. The molecule has 1 aromatic carbocycles. The Balaban J connectivity index is 1.64. The van der Waals surface area contributed by atoms with Gasteiger partial charge >= 0.3 is 5.97 Å². The van der Waals surface area contributed by atoms with E-state index >= 15 is 0 Å². The molecule has 0 radical (unpaired) electrons. The van der Waals surface area contributed by atoms with E-state index in [1.54, 1.807) is 18.6 Å². The van der Waals surface area contributed by atoms with E-state index in [1.165, 1.54) is 11.3 Å². The largest absolute Gasteiger partial charge is 0.496 e. The summed E-state index contributed by atoms with van der Waals surface area (Å²) in [5.41, 5.74) is 2.46. The molecule has 1 aliphatic heterocycles. The predicted octanol–water partition coefficient (Wildman–Crippen LogP) is 3.39. The zero-order valence-corrected chi connectivity index (χ0v) is 16.3. The van der Waals surface area contributed by atoms with Crippen LogP contribution in [0.3, 0.4) is 0 Å². The van der Waals surface area contributed by atoms with Crippen molar-refractivity contribution in [3.8, 4) is 5.75 Å². The molecule has 6 nitrogen and oxygen atoms in total. The van der Waals surface area contributed by atoms with Crippen LogP contribution in [-0.4, -0.2) is 22.6 Å². The first-order valence-electron chi connectivity index (χ1n) is 8.83. The van der Waals surface area contributed by atoms with Crippen LogP contribution < -0.4 is 10.3 Å². The van der Waals surface area contributed by atoms with Crippen molar-refractivity contribution < 1.29 is 14.3 Å². The number of fused-ring (bicyclic) bond motifs is 2. The molecule has 0 spiro atoms. The molecule has 4 rings (SSSR count). The van der Waals surface area contributed by atoms with Gasteiger partial charge in [0.1, 0.15) is 27.9 Å². The number of benzene rings is 1. The van der Waals surface area contributed by atoms with Gasteiger partial charge in [-0.15, -0.1) is 11.3 Å². The van der Waals surface area contributed by atoms with Crippen molar-refractivity contribution in [2.45, 2.75) is 39.8 Å². The van der Waals surface area contributed by atoms with Crippen LogP contribution in [-0.2, 0) is 24.3 Å². The summed E-state index contributed by atoms with van der Waals surface area (Å²) in [5, 5.41) is 0.533. The molecule has 0 atom stereocenters. The van der Waals surface area contributed by atoms with Gasteiger partial charge in [0.2, 0.25) is 0 Å². The van der Waals surface area contributed by atoms with Gasteiger partial charge in [-0.25, -0.2) is 9.78 Å². The van der Waals surface area contributed by atoms with E-state index in [0.717, 1.165) is 29.8 Å². The number of rotatable bonds is 4. The molecule has 0 aliphatic carbocycles. The molecule has 3 heterocycles. The Labute approximate surface area is 160 Å². The summed E-state index contributed by atoms with van der Waals surface area (Å²) in [5.74, 6) is 1.04. The molecule has 0 amide bonds. The number of esters is 1. The zero-order valence-electron chi connectivity index (χ0n) is 15.5. The van der Waals surface area contributed by atoms with E-state index in [4.69, 9.17) is 9.47 Å². The smallest absolute Gasteiger partial charge is 0.349 e. The number of thiophene rings is 1. The molecule has 0 unspecified atom stereocenters. The summed E-state index contributed by atoms with van der Waals surface area (Å²) in [6.07, 6.45) is 1.74. The van der Waals surface area contributed by atoms with Crippen molar-refractivity contribution in [1.29, 1.82) is 0 Å². The molecule has 0 N–H and O–H groups in total. The van der Waals surface area contributed by atoms with Crippen LogP contribution in [0.5, 0.6) is 5.75 Å². The quantitative estimate of drug-likeness (QED) is 0.645. The highest BCUT2D eigenvalue weighted by atomic mass is 32.1. The lowest BCUT2D eigenvalue weighted by atomic mass is 10.1. The Hall–Kier alpha value is -2.67. The topological polar surface area (TPSA) is 70.4 Å². The molecule has 0 saturated carbocycles. The second-order valence-corrected chi connectivity index (χ2v) is 7.72. The van der Waals surface area contributed by atoms with Crippen molar-refractivity contribution in [1.82, 2.24) is 9.55 Å². The first-order chi connectivity index (χ1) is 13.0. The minimum absolute atomic E-state index is 0.0550. The standard InChI is InChI=1S/C20H20N2O4S/c1-11-6-7-14(25-3)13(9-11)10-26-20(24)17-12(2)16-18(27-17)21-15-5-4-8-22(15)19(16)23/h6-7,9H,4-5,8,10H2,1-3H3. The SMILES string of the molecule is COc1ccc(C)cc1COC(=O)c1sc2nc3n(c(=O)c2c1C)CCC3. The van der Waals surface area contributed by atoms with Gasteiger partial charge in [0, 0.05) is 18.5 Å². The molecule has 2 aromatic heterocycles. The molecule has 1 aliphatic rings. The molecular formula is C20H20N2O4S. The van der Waals surface area contributed by atoms with Crippen LogP contribution in [0, 0.1) is 13.8 Å². The van der Waals surface area contributed by atoms with Crippen molar-refractivity contribution in [3.05, 3.63) is 55.9 Å². The Kier molecular flexibility index (Phi) is 4.47. The van der Waals surface area contributed by atoms with Gasteiger partial charge in [-0.05, 0) is 38.0 Å². The normalized spacial score (nSPS) is 13.0. The van der Waals surface area contributed by atoms with E-state index < -0.39 is 5.97 Å². The number of nitrogens with zero attached hydrogens (tertiary/aromatic N) is 2. The van der Waals surface area contributed by atoms with Gasteiger partial charge in [-0.1, -0.05) is 11.6 Å². The average Bonchev–Trinajstić information content (AvgIpc) is 3.25. The summed E-state index contributed by atoms with van der Waals surface area (Å²) in [6, 6.07) is 5.73. The molecule has 0 saturated heterocycles. The zero-order chi connectivity index (χ0) is 19.1. The number of methoxy groups -OCH3 is 1. The molecular weight excluding hydrogens is 364 g/mol. The third kappa shape index (κ3) is 3.02. The summed E-state index contributed by atoms with van der Waals surface area (Å²) < 4.78 is 12.6. The molecule has 0 bridgehead atoms. The lowest BCUT2D eigenvalue weighted by Gasteiger charge is -2.10. The number of aromatic nitrogens is 2. The summed E-state index contributed by atoms with van der Waals surface area (Å²) in [4.78, 5) is 31.1. The number of ether oxygens (including phenoxy) is 2. The summed E-state index contributed by atoms with van der Waals surface area (Å²) in [7, 11) is 1.59. The highest BCUT2D eigenvalue weighted by Crippen LogP contribution is 2.30. The first-order valence-corrected chi connectivity index (χ1v) is 9.64. The summed E-state index contributed by atoms with van der Waals surface area (Å²) in [6.45, 7) is 4.56. The Morgan fingerprint density at radius 2 is 2.15 bits per heavy atom. The van der Waals surface area contributed by atoms with E-state index in [1.807, 2.05) is 25.1 Å². The van der Waals surface area contributed by atoms with E-state index in [-0.39, 0.29) is 12.2 Å². The van der Waals surface area contributed by atoms with Gasteiger partial charge in [0.15, 0.2) is 0 Å². The number of carbonyl (C=O) groups excluding carboxylic acids is 1. The van der Waals surface area contributed by atoms with Gasteiger partial charge in [-0.2, -0.15) is 0 Å². The van der Waals surface area contributed by atoms with Crippen molar-refractivity contribution >= 4 is 27.5 Å². The third-order valence-electron chi connectivity index (χ3n) is 4.89. The van der Waals surface area contributed by atoms with Crippen LogP contribution >= 0.6 is 11.3 Å². The molecule has 7 heteroatoms.